The number of carbonyl (C=O) groups is 2. The molecule has 2 amide bonds. The van der Waals surface area contributed by atoms with Crippen LogP contribution in [0.25, 0.3) is 0 Å². The summed E-state index contributed by atoms with van der Waals surface area (Å²) in [6.07, 6.45) is 3.68. The number of hydrogen-bond donors (Lipinski definition) is 2. The van der Waals surface area contributed by atoms with Gasteiger partial charge in [0.15, 0.2) is 0 Å². The number of benzene rings is 1. The van der Waals surface area contributed by atoms with Gasteiger partial charge in [0.25, 0.3) is 5.91 Å². The van der Waals surface area contributed by atoms with Crippen molar-refractivity contribution in [3.05, 3.63) is 29.8 Å². The molecule has 8 heteroatoms. The summed E-state index contributed by atoms with van der Waals surface area (Å²) in [6, 6.07) is 6.17. The van der Waals surface area contributed by atoms with E-state index in [1.165, 1.54) is 22.5 Å². The largest absolute Gasteiger partial charge is 0.352 e. The highest BCUT2D eigenvalue weighted by Crippen LogP contribution is 2.21. The van der Waals surface area contributed by atoms with Gasteiger partial charge >= 0.3 is 0 Å². The molecule has 1 aromatic rings. The zero-order valence-corrected chi connectivity index (χ0v) is 14.1. The number of carbonyl (C=O) groups excluding carboxylic acids is 2. The predicted octanol–water partition coefficient (Wildman–Crippen LogP) is 0.480. The zero-order chi connectivity index (χ0) is 17.2. The van der Waals surface area contributed by atoms with E-state index in [-0.39, 0.29) is 29.0 Å². The van der Waals surface area contributed by atoms with Gasteiger partial charge in [0.1, 0.15) is 0 Å². The first-order chi connectivity index (χ1) is 11.5. The van der Waals surface area contributed by atoms with Crippen molar-refractivity contribution in [3.63, 3.8) is 0 Å². The van der Waals surface area contributed by atoms with Crippen molar-refractivity contribution in [2.24, 2.45) is 0 Å². The van der Waals surface area contributed by atoms with Crippen LogP contribution in [0.15, 0.2) is 29.2 Å². The fourth-order valence-electron chi connectivity index (χ4n) is 2.64. The van der Waals surface area contributed by atoms with Crippen LogP contribution in [-0.4, -0.2) is 50.2 Å². The first kappa shape index (κ1) is 16.9. The minimum absolute atomic E-state index is 0.111. The molecule has 2 fully saturated rings. The van der Waals surface area contributed by atoms with Crippen LogP contribution in [0.4, 0.5) is 0 Å². The number of hydrogen-bond acceptors (Lipinski definition) is 4. The molecule has 2 aliphatic rings. The minimum Gasteiger partial charge on any atom is -0.352 e. The summed E-state index contributed by atoms with van der Waals surface area (Å²) in [4.78, 5) is 23.9. The average molecular weight is 351 g/mol. The highest BCUT2D eigenvalue weighted by atomic mass is 32.2. The molecular weight excluding hydrogens is 330 g/mol. The van der Waals surface area contributed by atoms with E-state index in [1.807, 2.05) is 0 Å². The summed E-state index contributed by atoms with van der Waals surface area (Å²) < 4.78 is 26.5. The van der Waals surface area contributed by atoms with Crippen molar-refractivity contribution in [2.45, 2.75) is 36.6 Å². The molecule has 1 saturated carbocycles. The van der Waals surface area contributed by atoms with Crippen molar-refractivity contribution in [1.29, 1.82) is 0 Å². The number of sulfonamides is 1. The Hall–Kier alpha value is -1.93. The van der Waals surface area contributed by atoms with E-state index in [0.717, 1.165) is 25.7 Å². The minimum atomic E-state index is -3.56. The molecule has 0 radical (unpaired) electrons. The smallest absolute Gasteiger partial charge is 0.251 e. The topological polar surface area (TPSA) is 95.6 Å². The number of nitrogens with one attached hydrogen (secondary N) is 2. The summed E-state index contributed by atoms with van der Waals surface area (Å²) >= 11 is 0. The lowest BCUT2D eigenvalue weighted by atomic mass is 10.2. The quantitative estimate of drug-likeness (QED) is 0.779. The summed E-state index contributed by atoms with van der Waals surface area (Å²) in [6.45, 7) is 0.915. The van der Waals surface area contributed by atoms with Gasteiger partial charge in [-0.25, -0.2) is 8.42 Å². The molecule has 0 bridgehead atoms. The van der Waals surface area contributed by atoms with Crippen LogP contribution in [0.5, 0.6) is 0 Å². The van der Waals surface area contributed by atoms with E-state index in [0.29, 0.717) is 13.1 Å². The molecule has 7 nitrogen and oxygen atoms in total. The Kier molecular flexibility index (Phi) is 4.86. The fourth-order valence-corrected chi connectivity index (χ4v) is 4.21. The molecule has 0 unspecified atom stereocenters. The lowest BCUT2D eigenvalue weighted by Crippen LogP contribution is -2.37. The third kappa shape index (κ3) is 3.93. The third-order valence-electron chi connectivity index (χ3n) is 4.15. The van der Waals surface area contributed by atoms with Gasteiger partial charge in [-0.3, -0.25) is 9.59 Å². The Morgan fingerprint density at radius 2 is 1.88 bits per heavy atom. The van der Waals surface area contributed by atoms with Gasteiger partial charge in [0, 0.05) is 24.7 Å². The molecule has 3 rings (SSSR count). The van der Waals surface area contributed by atoms with Crippen molar-refractivity contribution >= 4 is 21.8 Å². The van der Waals surface area contributed by atoms with Crippen LogP contribution in [0.2, 0.25) is 0 Å². The van der Waals surface area contributed by atoms with Crippen molar-refractivity contribution < 1.29 is 18.0 Å². The molecule has 24 heavy (non-hydrogen) atoms. The van der Waals surface area contributed by atoms with Gasteiger partial charge in [-0.15, -0.1) is 0 Å². The number of nitrogens with zero attached hydrogens (tertiary/aromatic N) is 1. The van der Waals surface area contributed by atoms with Crippen LogP contribution in [0, 0.1) is 0 Å². The van der Waals surface area contributed by atoms with Crippen molar-refractivity contribution in [3.8, 4) is 0 Å². The molecule has 1 aliphatic heterocycles. The molecule has 0 spiro atoms. The second-order valence-electron chi connectivity index (χ2n) is 6.16. The molecule has 2 N–H and O–H groups in total. The molecule has 1 aliphatic carbocycles. The highest BCUT2D eigenvalue weighted by Gasteiger charge is 2.28. The summed E-state index contributed by atoms with van der Waals surface area (Å²) in [5.74, 6) is -0.689. The molecular formula is C16H21N3O4S. The summed E-state index contributed by atoms with van der Waals surface area (Å²) in [7, 11) is -3.56. The maximum absolute atomic E-state index is 12.5. The van der Waals surface area contributed by atoms with E-state index in [2.05, 4.69) is 10.6 Å². The third-order valence-corrected chi connectivity index (χ3v) is 6.05. The van der Waals surface area contributed by atoms with Crippen molar-refractivity contribution in [1.82, 2.24) is 14.9 Å². The maximum Gasteiger partial charge on any atom is 0.251 e. The maximum atomic E-state index is 12.5. The standard InChI is InChI=1S/C16H21N3O4S/c20-15(18-13-6-7-13)11-17-16(21)12-4-3-5-14(10-12)24(22,23)19-8-1-2-9-19/h3-5,10,13H,1-2,6-9,11H2,(H,17,21)(H,18,20). The first-order valence-corrected chi connectivity index (χ1v) is 9.58. The van der Waals surface area contributed by atoms with E-state index >= 15 is 0 Å². The normalized spacial score (nSPS) is 18.3. The molecule has 0 atom stereocenters. The number of rotatable bonds is 6. The van der Waals surface area contributed by atoms with Gasteiger partial charge in [0.2, 0.25) is 15.9 Å². The SMILES string of the molecule is O=C(CNC(=O)c1cccc(S(=O)(=O)N2CCCC2)c1)NC1CC1. The monoisotopic (exact) mass is 351 g/mol. The second-order valence-corrected chi connectivity index (χ2v) is 8.10. The predicted molar refractivity (Wildman–Crippen MR) is 87.9 cm³/mol. The van der Waals surface area contributed by atoms with Crippen LogP contribution < -0.4 is 10.6 Å². The van der Waals surface area contributed by atoms with Crippen LogP contribution >= 0.6 is 0 Å². The average Bonchev–Trinajstić information content (AvgIpc) is 3.20. The van der Waals surface area contributed by atoms with Gasteiger partial charge < -0.3 is 10.6 Å². The molecule has 0 aromatic heterocycles. The van der Waals surface area contributed by atoms with Gasteiger partial charge in [-0.05, 0) is 43.9 Å². The Labute approximate surface area is 141 Å². The van der Waals surface area contributed by atoms with E-state index in [1.54, 1.807) is 6.07 Å². The lowest BCUT2D eigenvalue weighted by molar-refractivity contribution is -0.120. The first-order valence-electron chi connectivity index (χ1n) is 8.14. The van der Waals surface area contributed by atoms with Crippen LogP contribution in [-0.2, 0) is 14.8 Å². The van der Waals surface area contributed by atoms with Gasteiger partial charge in [-0.2, -0.15) is 4.31 Å². The molecule has 1 saturated heterocycles. The summed E-state index contributed by atoms with van der Waals surface area (Å²) in [5, 5.41) is 5.30. The molecule has 1 heterocycles. The zero-order valence-electron chi connectivity index (χ0n) is 13.3. The Morgan fingerprint density at radius 3 is 2.54 bits per heavy atom. The Bertz CT molecular complexity index is 737. The van der Waals surface area contributed by atoms with E-state index < -0.39 is 15.9 Å². The Balaban J connectivity index is 1.65. The molecule has 130 valence electrons. The second kappa shape index (κ2) is 6.90. The van der Waals surface area contributed by atoms with Crippen LogP contribution in [0.1, 0.15) is 36.0 Å². The fraction of sp³-hybridized carbons (Fsp3) is 0.500. The van der Waals surface area contributed by atoms with E-state index in [9.17, 15) is 18.0 Å². The van der Waals surface area contributed by atoms with Crippen LogP contribution in [0.3, 0.4) is 0 Å². The van der Waals surface area contributed by atoms with Crippen molar-refractivity contribution in [2.75, 3.05) is 19.6 Å². The lowest BCUT2D eigenvalue weighted by Gasteiger charge is -2.16. The van der Waals surface area contributed by atoms with Gasteiger partial charge in [0.05, 0.1) is 11.4 Å². The number of amides is 2. The van der Waals surface area contributed by atoms with E-state index in [4.69, 9.17) is 0 Å². The summed E-state index contributed by atoms with van der Waals surface area (Å²) in [5.41, 5.74) is 0.231. The van der Waals surface area contributed by atoms with Gasteiger partial charge in [-0.1, -0.05) is 6.07 Å². The Morgan fingerprint density at radius 1 is 1.17 bits per heavy atom. The molecule has 1 aromatic carbocycles. The highest BCUT2D eigenvalue weighted by molar-refractivity contribution is 7.89.